The average Bonchev–Trinajstić information content (AvgIpc) is 1.81. The number of ether oxygens (including phenoxy) is 1. The third-order valence-electron chi connectivity index (χ3n) is 1.40. The van der Waals surface area contributed by atoms with Gasteiger partial charge < -0.3 is 9.84 Å². The maximum absolute atomic E-state index is 10.1. The van der Waals surface area contributed by atoms with Gasteiger partial charge in [-0.1, -0.05) is 20.0 Å². The number of hydrogen-bond donors (Lipinski definition) is 1. The van der Waals surface area contributed by atoms with Gasteiger partial charge in [0.1, 0.15) is 0 Å². The van der Waals surface area contributed by atoms with Crippen molar-refractivity contribution in [2.75, 3.05) is 0 Å². The molecule has 0 aliphatic heterocycles. The molecule has 0 fully saturated rings. The summed E-state index contributed by atoms with van der Waals surface area (Å²) < 4.78 is 4.64. The van der Waals surface area contributed by atoms with Crippen LogP contribution in [-0.4, -0.2) is 25.8 Å². The smallest absolute Gasteiger partial charge is 0.450 e. The van der Waals surface area contributed by atoms with Crippen LogP contribution in [-0.2, 0) is 4.74 Å². The Labute approximate surface area is 62.6 Å². The Balaban J connectivity index is 3.71. The van der Waals surface area contributed by atoms with Crippen molar-refractivity contribution >= 4 is 15.0 Å². The topological polar surface area (TPSA) is 46.5 Å². The van der Waals surface area contributed by atoms with Crippen LogP contribution < -0.4 is 0 Å². The molecule has 0 bridgehead atoms. The fraction of sp³-hybridized carbons (Fsp3) is 0.833. The molecule has 0 saturated carbocycles. The molecule has 1 atom stereocenters. The Morgan fingerprint density at radius 1 is 1.70 bits per heavy atom. The summed E-state index contributed by atoms with van der Waals surface area (Å²) in [5, 5.41) is 8.26. The van der Waals surface area contributed by atoms with Gasteiger partial charge >= 0.3 is 6.16 Å². The third-order valence-corrected chi connectivity index (χ3v) is 3.49. The van der Waals surface area contributed by atoms with Gasteiger partial charge in [-0.05, 0) is 6.42 Å². The van der Waals surface area contributed by atoms with Gasteiger partial charge in [-0.15, -0.1) is 0 Å². The predicted molar refractivity (Wildman–Crippen MR) is 42.1 cm³/mol. The second kappa shape index (κ2) is 4.33. The molecule has 0 aromatic rings. The first-order valence-corrected chi connectivity index (χ1v) is 6.45. The summed E-state index contributed by atoms with van der Waals surface area (Å²) in [4.78, 5) is 10.1. The molecule has 0 aromatic carbocycles. The lowest BCUT2D eigenvalue weighted by Crippen LogP contribution is -2.29. The summed E-state index contributed by atoms with van der Waals surface area (Å²) in [7, 11) is -0.945. The fourth-order valence-electron chi connectivity index (χ4n) is 0.820. The van der Waals surface area contributed by atoms with Gasteiger partial charge in [0.15, 0.2) is 0 Å². The molecule has 3 nitrogen and oxygen atoms in total. The summed E-state index contributed by atoms with van der Waals surface area (Å²) in [5.74, 6) is 0. The van der Waals surface area contributed by atoms with Crippen LogP contribution in [0.3, 0.4) is 0 Å². The Morgan fingerprint density at radius 3 is 2.30 bits per heavy atom. The highest BCUT2D eigenvalue weighted by Crippen LogP contribution is 2.02. The van der Waals surface area contributed by atoms with Crippen LogP contribution in [0.25, 0.3) is 0 Å². The second-order valence-electron chi connectivity index (χ2n) is 2.57. The second-order valence-corrected chi connectivity index (χ2v) is 5.81. The molecule has 0 spiro atoms. The zero-order chi connectivity index (χ0) is 8.15. The van der Waals surface area contributed by atoms with Gasteiger partial charge in [0.2, 0.25) is 0 Å². The molecule has 0 rings (SSSR count). The molecule has 0 aliphatic carbocycles. The Kier molecular flexibility index (Phi) is 4.10. The van der Waals surface area contributed by atoms with E-state index in [0.29, 0.717) is 0 Å². The van der Waals surface area contributed by atoms with Gasteiger partial charge in [-0.25, -0.2) is 4.79 Å². The van der Waals surface area contributed by atoms with Crippen molar-refractivity contribution in [1.29, 1.82) is 0 Å². The molecule has 0 aromatic heterocycles. The normalized spacial score (nSPS) is 13.2. The Bertz CT molecular complexity index is 114. The van der Waals surface area contributed by atoms with E-state index >= 15 is 0 Å². The zero-order valence-corrected chi connectivity index (χ0v) is 7.78. The molecule has 0 radical (unpaired) electrons. The highest BCUT2D eigenvalue weighted by Gasteiger charge is 2.15. The van der Waals surface area contributed by atoms with Gasteiger partial charge in [-0.2, -0.15) is 0 Å². The molecule has 4 heteroatoms. The van der Waals surface area contributed by atoms with Gasteiger partial charge in [0, 0.05) is 0 Å². The van der Waals surface area contributed by atoms with Crippen molar-refractivity contribution < 1.29 is 14.6 Å². The molecule has 1 unspecified atom stereocenters. The lowest BCUT2D eigenvalue weighted by atomic mass is 10.5. The van der Waals surface area contributed by atoms with Crippen LogP contribution in [0.2, 0.25) is 13.1 Å². The number of rotatable bonds is 3. The van der Waals surface area contributed by atoms with Crippen molar-refractivity contribution in [1.82, 2.24) is 0 Å². The van der Waals surface area contributed by atoms with Crippen molar-refractivity contribution in [2.45, 2.75) is 32.2 Å². The molecule has 0 aliphatic rings. The third kappa shape index (κ3) is 3.50. The fourth-order valence-corrected chi connectivity index (χ4v) is 2.15. The monoisotopic (exact) mass is 162 g/mol. The van der Waals surface area contributed by atoms with E-state index in [1.165, 1.54) is 0 Å². The molecule has 0 amide bonds. The molecule has 0 heterocycles. The van der Waals surface area contributed by atoms with Crippen molar-refractivity contribution in [3.63, 3.8) is 0 Å². The van der Waals surface area contributed by atoms with Gasteiger partial charge in [0.25, 0.3) is 0 Å². The van der Waals surface area contributed by atoms with Crippen LogP contribution in [0.15, 0.2) is 0 Å². The average molecular weight is 162 g/mol. The number of hydrogen-bond acceptors (Lipinski definition) is 2. The minimum absolute atomic E-state index is 0.0162. The highest BCUT2D eigenvalue weighted by molar-refractivity contribution is 6.57. The zero-order valence-electron chi connectivity index (χ0n) is 6.63. The lowest BCUT2D eigenvalue weighted by Gasteiger charge is -2.15. The van der Waals surface area contributed by atoms with Crippen LogP contribution in [0.4, 0.5) is 4.79 Å². The van der Waals surface area contributed by atoms with Gasteiger partial charge in [-0.3, -0.25) is 0 Å². The summed E-state index contributed by atoms with van der Waals surface area (Å²) in [6.07, 6.45) is -0.344. The largest absolute Gasteiger partial charge is 0.505 e. The molecular weight excluding hydrogens is 148 g/mol. The molecule has 60 valence electrons. The van der Waals surface area contributed by atoms with E-state index in [1.807, 2.05) is 6.92 Å². The van der Waals surface area contributed by atoms with E-state index in [4.69, 9.17) is 5.11 Å². The molecule has 0 saturated heterocycles. The van der Waals surface area contributed by atoms with E-state index < -0.39 is 15.0 Å². The van der Waals surface area contributed by atoms with E-state index in [-0.39, 0.29) is 5.73 Å². The Morgan fingerprint density at radius 2 is 2.20 bits per heavy atom. The summed E-state index contributed by atoms with van der Waals surface area (Å²) in [6, 6.07) is 0. The molecule has 1 N–H and O–H groups in total. The first-order valence-electron chi connectivity index (χ1n) is 3.47. The summed E-state index contributed by atoms with van der Waals surface area (Å²) in [5.41, 5.74) is -0.0162. The SMILES string of the molecule is CCC(OC(=O)O)[SiH](C)C. The van der Waals surface area contributed by atoms with E-state index in [2.05, 4.69) is 17.8 Å². The first kappa shape index (κ1) is 9.49. The maximum atomic E-state index is 10.1. The number of carbonyl (C=O) groups is 1. The lowest BCUT2D eigenvalue weighted by molar-refractivity contribution is 0.0764. The summed E-state index contributed by atoms with van der Waals surface area (Å²) >= 11 is 0. The van der Waals surface area contributed by atoms with Gasteiger partial charge in [0.05, 0.1) is 14.5 Å². The minimum atomic E-state index is -1.15. The first-order chi connectivity index (χ1) is 4.57. The molecule has 10 heavy (non-hydrogen) atoms. The quantitative estimate of drug-likeness (QED) is 0.505. The van der Waals surface area contributed by atoms with E-state index in [1.54, 1.807) is 0 Å². The molecular formula is C6H14O3Si. The minimum Gasteiger partial charge on any atom is -0.450 e. The van der Waals surface area contributed by atoms with Crippen molar-refractivity contribution in [2.24, 2.45) is 0 Å². The summed E-state index contributed by atoms with van der Waals surface area (Å²) in [6.45, 7) is 6.11. The van der Waals surface area contributed by atoms with Crippen molar-refractivity contribution in [3.05, 3.63) is 0 Å². The van der Waals surface area contributed by atoms with Crippen LogP contribution in [0.1, 0.15) is 13.3 Å². The standard InChI is InChI=1S/C6H14O3Si/c1-4-5(10(2)3)9-6(7)8/h5,10H,4H2,1-3H3,(H,7,8). The highest BCUT2D eigenvalue weighted by atomic mass is 28.3. The number of carboxylic acid groups (broad SMARTS) is 1. The van der Waals surface area contributed by atoms with Crippen LogP contribution >= 0.6 is 0 Å². The van der Waals surface area contributed by atoms with Crippen molar-refractivity contribution in [3.8, 4) is 0 Å². The van der Waals surface area contributed by atoms with Crippen LogP contribution in [0, 0.1) is 0 Å². The van der Waals surface area contributed by atoms with E-state index in [9.17, 15) is 4.79 Å². The van der Waals surface area contributed by atoms with Crippen LogP contribution in [0.5, 0.6) is 0 Å². The Hall–Kier alpha value is -0.513. The predicted octanol–water partition coefficient (Wildman–Crippen LogP) is 1.49. The maximum Gasteiger partial charge on any atom is 0.505 e. The van der Waals surface area contributed by atoms with E-state index in [0.717, 1.165) is 6.42 Å².